The molecule has 0 bridgehead atoms. The summed E-state index contributed by atoms with van der Waals surface area (Å²) >= 11 is 0. The number of aliphatic carboxylic acids is 1. The topological polar surface area (TPSA) is 58.6 Å². The quantitative estimate of drug-likeness (QED) is 0.724. The zero-order valence-corrected chi connectivity index (χ0v) is 10.4. The molecular weight excluding hydrogens is 206 g/mol. The number of carbonyl (C=O) groups is 1. The van der Waals surface area contributed by atoms with Gasteiger partial charge in [0.1, 0.15) is 0 Å². The molecule has 3 unspecified atom stereocenters. The minimum Gasteiger partial charge on any atom is -0.481 e. The Balaban J connectivity index is 2.34. The van der Waals surface area contributed by atoms with Crippen LogP contribution in [0.25, 0.3) is 0 Å². The number of hydrogen-bond acceptors (Lipinski definition) is 3. The predicted octanol–water partition coefficient (Wildman–Crippen LogP) is 1.50. The first-order valence-electron chi connectivity index (χ1n) is 6.08. The van der Waals surface area contributed by atoms with Gasteiger partial charge >= 0.3 is 5.97 Å². The molecule has 0 aromatic carbocycles. The predicted molar refractivity (Wildman–Crippen MR) is 62.4 cm³/mol. The molecule has 1 aliphatic heterocycles. The molecule has 1 rings (SSSR count). The van der Waals surface area contributed by atoms with Gasteiger partial charge in [0, 0.05) is 19.2 Å². The van der Waals surface area contributed by atoms with Gasteiger partial charge in [-0.2, -0.15) is 0 Å². The molecular formula is C12H23NO3. The largest absolute Gasteiger partial charge is 0.481 e. The van der Waals surface area contributed by atoms with E-state index in [9.17, 15) is 4.79 Å². The van der Waals surface area contributed by atoms with Gasteiger partial charge in [0.15, 0.2) is 0 Å². The third-order valence-electron chi connectivity index (χ3n) is 3.11. The van der Waals surface area contributed by atoms with E-state index in [0.717, 1.165) is 19.4 Å². The number of hydrogen-bond donors (Lipinski definition) is 2. The lowest BCUT2D eigenvalue weighted by atomic mass is 9.96. The normalized spacial score (nSPS) is 27.2. The lowest BCUT2D eigenvalue weighted by Crippen LogP contribution is -2.40. The van der Waals surface area contributed by atoms with Crippen molar-refractivity contribution in [2.24, 2.45) is 11.8 Å². The van der Waals surface area contributed by atoms with Crippen LogP contribution in [0, 0.1) is 11.8 Å². The Labute approximate surface area is 97.4 Å². The van der Waals surface area contributed by atoms with Gasteiger partial charge in [0.05, 0.1) is 12.0 Å². The zero-order chi connectivity index (χ0) is 12.1. The molecule has 4 nitrogen and oxygen atoms in total. The number of carboxylic acids is 1. The van der Waals surface area contributed by atoms with Crippen LogP contribution in [-0.2, 0) is 9.53 Å². The summed E-state index contributed by atoms with van der Waals surface area (Å²) in [6.07, 6.45) is 1.91. The van der Waals surface area contributed by atoms with Crippen molar-refractivity contribution in [1.29, 1.82) is 0 Å². The molecule has 0 saturated carbocycles. The molecule has 0 aromatic heterocycles. The van der Waals surface area contributed by atoms with Crippen LogP contribution in [0.2, 0.25) is 0 Å². The molecule has 0 aromatic rings. The van der Waals surface area contributed by atoms with E-state index in [0.29, 0.717) is 18.5 Å². The van der Waals surface area contributed by atoms with Gasteiger partial charge in [-0.25, -0.2) is 0 Å². The van der Waals surface area contributed by atoms with E-state index < -0.39 is 5.97 Å². The summed E-state index contributed by atoms with van der Waals surface area (Å²) in [5.41, 5.74) is 0. The van der Waals surface area contributed by atoms with Crippen molar-refractivity contribution in [3.63, 3.8) is 0 Å². The van der Waals surface area contributed by atoms with Crippen molar-refractivity contribution in [2.45, 2.75) is 45.8 Å². The summed E-state index contributed by atoms with van der Waals surface area (Å²) in [6, 6.07) is 0.314. The summed E-state index contributed by atoms with van der Waals surface area (Å²) in [7, 11) is 0. The van der Waals surface area contributed by atoms with E-state index in [2.05, 4.69) is 19.2 Å². The second-order valence-corrected chi connectivity index (χ2v) is 5.04. The molecule has 0 spiro atoms. The number of carboxylic acid groups (broad SMARTS) is 1. The van der Waals surface area contributed by atoms with Crippen LogP contribution in [-0.4, -0.2) is 36.4 Å². The highest BCUT2D eigenvalue weighted by Gasteiger charge is 2.26. The SMILES string of the molecule is CC(C)CC(CNC1CCOC1C)C(=O)O. The third-order valence-corrected chi connectivity index (χ3v) is 3.11. The molecule has 4 heteroatoms. The van der Waals surface area contributed by atoms with Crippen molar-refractivity contribution in [2.75, 3.05) is 13.2 Å². The Morgan fingerprint density at radius 3 is 2.69 bits per heavy atom. The van der Waals surface area contributed by atoms with Crippen LogP contribution in [0.5, 0.6) is 0 Å². The van der Waals surface area contributed by atoms with E-state index in [1.807, 2.05) is 6.92 Å². The van der Waals surface area contributed by atoms with E-state index in [-0.39, 0.29) is 12.0 Å². The fourth-order valence-corrected chi connectivity index (χ4v) is 2.13. The van der Waals surface area contributed by atoms with Gasteiger partial charge in [-0.15, -0.1) is 0 Å². The monoisotopic (exact) mass is 229 g/mol. The average molecular weight is 229 g/mol. The van der Waals surface area contributed by atoms with Crippen molar-refractivity contribution >= 4 is 5.97 Å². The van der Waals surface area contributed by atoms with Gasteiger partial charge in [-0.3, -0.25) is 4.79 Å². The van der Waals surface area contributed by atoms with Gasteiger partial charge in [-0.1, -0.05) is 13.8 Å². The molecule has 0 amide bonds. The van der Waals surface area contributed by atoms with Crippen molar-refractivity contribution < 1.29 is 14.6 Å². The highest BCUT2D eigenvalue weighted by Crippen LogP contribution is 2.15. The average Bonchev–Trinajstić information content (AvgIpc) is 2.57. The molecule has 2 N–H and O–H groups in total. The standard InChI is InChI=1S/C12H23NO3/c1-8(2)6-10(12(14)15)7-13-11-4-5-16-9(11)3/h8-11,13H,4-7H2,1-3H3,(H,14,15). The van der Waals surface area contributed by atoms with Crippen molar-refractivity contribution in [1.82, 2.24) is 5.32 Å². The van der Waals surface area contributed by atoms with Crippen LogP contribution in [0.3, 0.4) is 0 Å². The summed E-state index contributed by atoms with van der Waals surface area (Å²) < 4.78 is 5.43. The van der Waals surface area contributed by atoms with Crippen LogP contribution in [0.15, 0.2) is 0 Å². The third kappa shape index (κ3) is 4.10. The van der Waals surface area contributed by atoms with Crippen LogP contribution >= 0.6 is 0 Å². The lowest BCUT2D eigenvalue weighted by molar-refractivity contribution is -0.142. The van der Waals surface area contributed by atoms with Crippen LogP contribution < -0.4 is 5.32 Å². The minimum absolute atomic E-state index is 0.202. The zero-order valence-electron chi connectivity index (χ0n) is 10.4. The Morgan fingerprint density at radius 1 is 1.56 bits per heavy atom. The molecule has 1 saturated heterocycles. The molecule has 16 heavy (non-hydrogen) atoms. The van der Waals surface area contributed by atoms with Gasteiger partial charge < -0.3 is 15.2 Å². The first-order valence-corrected chi connectivity index (χ1v) is 6.08. The summed E-state index contributed by atoms with van der Waals surface area (Å²) in [6.45, 7) is 7.46. The first kappa shape index (κ1) is 13.5. The molecule has 94 valence electrons. The van der Waals surface area contributed by atoms with Crippen LogP contribution in [0.1, 0.15) is 33.6 Å². The van der Waals surface area contributed by atoms with Gasteiger partial charge in [0.25, 0.3) is 0 Å². The molecule has 1 aliphatic rings. The molecule has 1 heterocycles. The highest BCUT2D eigenvalue weighted by atomic mass is 16.5. The molecule has 0 radical (unpaired) electrons. The minimum atomic E-state index is -0.701. The van der Waals surface area contributed by atoms with Crippen molar-refractivity contribution in [3.05, 3.63) is 0 Å². The first-order chi connectivity index (χ1) is 7.50. The van der Waals surface area contributed by atoms with Gasteiger partial charge in [-0.05, 0) is 25.7 Å². The number of ether oxygens (including phenoxy) is 1. The number of nitrogens with one attached hydrogen (secondary N) is 1. The summed E-state index contributed by atoms with van der Waals surface area (Å²) in [5.74, 6) is -0.569. The summed E-state index contributed by atoms with van der Waals surface area (Å²) in [4.78, 5) is 11.1. The Kier molecular flexibility index (Phi) is 5.22. The van der Waals surface area contributed by atoms with Gasteiger partial charge in [0.2, 0.25) is 0 Å². The summed E-state index contributed by atoms with van der Waals surface area (Å²) in [5, 5.41) is 12.4. The maximum absolute atomic E-state index is 11.1. The molecule has 1 fully saturated rings. The smallest absolute Gasteiger partial charge is 0.307 e. The maximum atomic E-state index is 11.1. The Hall–Kier alpha value is -0.610. The highest BCUT2D eigenvalue weighted by molar-refractivity contribution is 5.70. The lowest BCUT2D eigenvalue weighted by Gasteiger charge is -2.20. The fourth-order valence-electron chi connectivity index (χ4n) is 2.13. The van der Waals surface area contributed by atoms with Crippen LogP contribution in [0.4, 0.5) is 0 Å². The second-order valence-electron chi connectivity index (χ2n) is 5.04. The van der Waals surface area contributed by atoms with E-state index in [1.165, 1.54) is 0 Å². The van der Waals surface area contributed by atoms with E-state index >= 15 is 0 Å². The molecule has 0 aliphatic carbocycles. The van der Waals surface area contributed by atoms with Crippen molar-refractivity contribution in [3.8, 4) is 0 Å². The Bertz CT molecular complexity index is 230. The fraction of sp³-hybridized carbons (Fsp3) is 0.917. The second kappa shape index (κ2) is 6.21. The van der Waals surface area contributed by atoms with E-state index in [4.69, 9.17) is 9.84 Å². The maximum Gasteiger partial charge on any atom is 0.307 e. The van der Waals surface area contributed by atoms with E-state index in [1.54, 1.807) is 0 Å². The Morgan fingerprint density at radius 2 is 2.25 bits per heavy atom. The molecule has 3 atom stereocenters. The number of rotatable bonds is 6.